The summed E-state index contributed by atoms with van der Waals surface area (Å²) >= 11 is 0. The quantitative estimate of drug-likeness (QED) is 0.734. The van der Waals surface area contributed by atoms with Crippen molar-refractivity contribution in [3.8, 4) is 11.5 Å². The Balaban J connectivity index is 2.13. The van der Waals surface area contributed by atoms with Crippen LogP contribution in [-0.2, 0) is 17.8 Å². The first-order valence-electron chi connectivity index (χ1n) is 6.54. The molecule has 2 rings (SSSR count). The Morgan fingerprint density at radius 1 is 1.10 bits per heavy atom. The maximum absolute atomic E-state index is 10.8. The van der Waals surface area contributed by atoms with Crippen LogP contribution in [0.4, 0.5) is 0 Å². The Labute approximate surface area is 123 Å². The maximum Gasteiger partial charge on any atom is 0.150 e. The zero-order chi connectivity index (χ0) is 15.1. The fourth-order valence-corrected chi connectivity index (χ4v) is 2.00. The van der Waals surface area contributed by atoms with Crippen molar-refractivity contribution in [3.63, 3.8) is 0 Å². The number of hydrogen-bond acceptors (Lipinski definition) is 4. The molecule has 0 spiro atoms. The monoisotopic (exact) mass is 284 g/mol. The van der Waals surface area contributed by atoms with E-state index in [9.17, 15) is 9.59 Å². The van der Waals surface area contributed by atoms with Crippen LogP contribution in [0, 0.1) is 0 Å². The Morgan fingerprint density at radius 2 is 1.95 bits per heavy atom. The molecule has 108 valence electrons. The van der Waals surface area contributed by atoms with Crippen molar-refractivity contribution in [2.75, 3.05) is 7.11 Å². The molecule has 0 saturated carbocycles. The van der Waals surface area contributed by atoms with Crippen LogP contribution in [0.1, 0.15) is 21.5 Å². The first-order valence-corrected chi connectivity index (χ1v) is 6.54. The van der Waals surface area contributed by atoms with E-state index in [2.05, 4.69) is 0 Å². The number of methoxy groups -OCH3 is 1. The molecule has 0 radical (unpaired) electrons. The van der Waals surface area contributed by atoms with Gasteiger partial charge in [0.1, 0.15) is 30.7 Å². The number of benzene rings is 2. The van der Waals surface area contributed by atoms with Crippen molar-refractivity contribution >= 4 is 12.6 Å². The molecule has 2 aromatic rings. The van der Waals surface area contributed by atoms with E-state index in [4.69, 9.17) is 9.47 Å². The van der Waals surface area contributed by atoms with Gasteiger partial charge in [-0.15, -0.1) is 0 Å². The minimum absolute atomic E-state index is 0.287. The van der Waals surface area contributed by atoms with Gasteiger partial charge in [0.05, 0.1) is 7.11 Å². The van der Waals surface area contributed by atoms with Gasteiger partial charge in [0.2, 0.25) is 0 Å². The second kappa shape index (κ2) is 7.24. The predicted molar refractivity (Wildman–Crippen MR) is 78.9 cm³/mol. The average Bonchev–Trinajstić information content (AvgIpc) is 2.53. The molecule has 0 amide bonds. The minimum atomic E-state index is 0.287. The molecule has 0 N–H and O–H groups in total. The molecule has 0 heterocycles. The second-order valence-electron chi connectivity index (χ2n) is 4.50. The molecule has 0 aliphatic heterocycles. The SMILES string of the molecule is COc1ccc(C=O)cc1COc1cccc(CC=O)c1. The molecule has 4 heteroatoms. The lowest BCUT2D eigenvalue weighted by atomic mass is 10.1. The Hall–Kier alpha value is -2.62. The molecule has 0 saturated heterocycles. The van der Waals surface area contributed by atoms with E-state index < -0.39 is 0 Å². The van der Waals surface area contributed by atoms with Gasteiger partial charge < -0.3 is 14.3 Å². The third-order valence-electron chi connectivity index (χ3n) is 3.05. The summed E-state index contributed by atoms with van der Waals surface area (Å²) in [4.78, 5) is 21.4. The van der Waals surface area contributed by atoms with Crippen LogP contribution in [0.3, 0.4) is 0 Å². The Kier molecular flexibility index (Phi) is 5.10. The Bertz CT molecular complexity index is 634. The van der Waals surface area contributed by atoms with Crippen molar-refractivity contribution in [1.82, 2.24) is 0 Å². The van der Waals surface area contributed by atoms with E-state index in [1.165, 1.54) is 0 Å². The minimum Gasteiger partial charge on any atom is -0.496 e. The highest BCUT2D eigenvalue weighted by molar-refractivity contribution is 5.75. The van der Waals surface area contributed by atoms with E-state index in [0.29, 0.717) is 23.5 Å². The van der Waals surface area contributed by atoms with Gasteiger partial charge in [0.25, 0.3) is 0 Å². The highest BCUT2D eigenvalue weighted by Crippen LogP contribution is 2.22. The van der Waals surface area contributed by atoms with Crippen molar-refractivity contribution < 1.29 is 19.1 Å². The third-order valence-corrected chi connectivity index (χ3v) is 3.05. The van der Waals surface area contributed by atoms with Gasteiger partial charge in [-0.25, -0.2) is 0 Å². The number of rotatable bonds is 7. The van der Waals surface area contributed by atoms with Gasteiger partial charge >= 0.3 is 0 Å². The van der Waals surface area contributed by atoms with E-state index in [0.717, 1.165) is 23.7 Å². The topological polar surface area (TPSA) is 52.6 Å². The van der Waals surface area contributed by atoms with Crippen molar-refractivity contribution in [1.29, 1.82) is 0 Å². The van der Waals surface area contributed by atoms with Crippen molar-refractivity contribution in [3.05, 3.63) is 59.2 Å². The summed E-state index contributed by atoms with van der Waals surface area (Å²) in [7, 11) is 1.57. The zero-order valence-electron chi connectivity index (χ0n) is 11.7. The van der Waals surface area contributed by atoms with E-state index in [-0.39, 0.29) is 6.61 Å². The fourth-order valence-electron chi connectivity index (χ4n) is 2.00. The number of ether oxygens (including phenoxy) is 2. The summed E-state index contributed by atoms with van der Waals surface area (Å²) < 4.78 is 11.0. The largest absolute Gasteiger partial charge is 0.496 e. The van der Waals surface area contributed by atoms with Crippen LogP contribution in [0.5, 0.6) is 11.5 Å². The van der Waals surface area contributed by atoms with Crippen molar-refractivity contribution in [2.24, 2.45) is 0 Å². The molecule has 21 heavy (non-hydrogen) atoms. The summed E-state index contributed by atoms with van der Waals surface area (Å²) in [5.74, 6) is 1.34. The molecule has 4 nitrogen and oxygen atoms in total. The molecular formula is C17H16O4. The summed E-state index contributed by atoms with van der Waals surface area (Å²) in [6.07, 6.45) is 2.00. The van der Waals surface area contributed by atoms with Crippen LogP contribution in [0.2, 0.25) is 0 Å². The fraction of sp³-hybridized carbons (Fsp3) is 0.176. The molecule has 2 aromatic carbocycles. The van der Waals surface area contributed by atoms with Crippen LogP contribution in [0.25, 0.3) is 0 Å². The highest BCUT2D eigenvalue weighted by atomic mass is 16.5. The normalized spacial score (nSPS) is 9.95. The molecule has 0 unspecified atom stereocenters. The summed E-state index contributed by atoms with van der Waals surface area (Å²) in [5, 5.41) is 0. The average molecular weight is 284 g/mol. The van der Waals surface area contributed by atoms with E-state index >= 15 is 0 Å². The van der Waals surface area contributed by atoms with Gasteiger partial charge in [-0.1, -0.05) is 12.1 Å². The molecule has 0 aromatic heterocycles. The second-order valence-corrected chi connectivity index (χ2v) is 4.50. The van der Waals surface area contributed by atoms with Gasteiger partial charge in [-0.2, -0.15) is 0 Å². The zero-order valence-corrected chi connectivity index (χ0v) is 11.7. The van der Waals surface area contributed by atoms with Gasteiger partial charge in [0.15, 0.2) is 0 Å². The first-order chi connectivity index (χ1) is 10.3. The van der Waals surface area contributed by atoms with Gasteiger partial charge in [-0.05, 0) is 35.9 Å². The highest BCUT2D eigenvalue weighted by Gasteiger charge is 2.06. The number of hydrogen-bond donors (Lipinski definition) is 0. The standard InChI is InChI=1S/C17H16O4/c1-20-17-6-5-14(11-19)9-15(17)12-21-16-4-2-3-13(10-16)7-8-18/h2-6,8-11H,7,12H2,1H3. The molecule has 0 atom stereocenters. The smallest absolute Gasteiger partial charge is 0.150 e. The summed E-state index contributed by atoms with van der Waals surface area (Å²) in [6.45, 7) is 0.287. The third kappa shape index (κ3) is 3.92. The number of carbonyl (C=O) groups excluding carboxylic acids is 2. The van der Waals surface area contributed by atoms with Crippen LogP contribution in [0.15, 0.2) is 42.5 Å². The molecule has 0 fully saturated rings. The number of carbonyl (C=O) groups is 2. The van der Waals surface area contributed by atoms with Crippen LogP contribution < -0.4 is 9.47 Å². The first kappa shape index (κ1) is 14.8. The van der Waals surface area contributed by atoms with E-state index in [1.54, 1.807) is 25.3 Å². The van der Waals surface area contributed by atoms with Crippen molar-refractivity contribution in [2.45, 2.75) is 13.0 Å². The number of aldehydes is 2. The Morgan fingerprint density at radius 3 is 2.67 bits per heavy atom. The molecule has 0 bridgehead atoms. The van der Waals surface area contributed by atoms with Gasteiger partial charge in [0, 0.05) is 17.5 Å². The summed E-state index contributed by atoms with van der Waals surface area (Å²) in [6, 6.07) is 12.5. The lowest BCUT2D eigenvalue weighted by Gasteiger charge is -2.11. The lowest BCUT2D eigenvalue weighted by molar-refractivity contribution is -0.107. The lowest BCUT2D eigenvalue weighted by Crippen LogP contribution is -2.00. The van der Waals surface area contributed by atoms with Crippen LogP contribution in [-0.4, -0.2) is 19.7 Å². The summed E-state index contributed by atoms with van der Waals surface area (Å²) in [5.41, 5.74) is 2.27. The molecular weight excluding hydrogens is 268 g/mol. The molecule has 0 aliphatic rings. The van der Waals surface area contributed by atoms with E-state index in [1.807, 2.05) is 24.3 Å². The maximum atomic E-state index is 10.8. The van der Waals surface area contributed by atoms with Gasteiger partial charge in [-0.3, -0.25) is 4.79 Å². The van der Waals surface area contributed by atoms with Crippen LogP contribution >= 0.6 is 0 Å². The molecule has 0 aliphatic carbocycles. The predicted octanol–water partition coefficient (Wildman–Crippen LogP) is 2.83.